The number of carbonyl (C=O) groups excluding carboxylic acids is 2. The summed E-state index contributed by atoms with van der Waals surface area (Å²) in [6.07, 6.45) is 1.65. The van der Waals surface area contributed by atoms with E-state index in [1.807, 2.05) is 10.3 Å². The van der Waals surface area contributed by atoms with Crippen LogP contribution >= 0.6 is 22.9 Å². The van der Waals surface area contributed by atoms with Gasteiger partial charge in [-0.05, 0) is 77.9 Å². The Kier molecular flexibility index (Phi) is 8.64. The van der Waals surface area contributed by atoms with Crippen molar-refractivity contribution in [2.45, 2.75) is 32.7 Å². The van der Waals surface area contributed by atoms with Crippen LogP contribution in [-0.2, 0) is 11.2 Å². The zero-order chi connectivity index (χ0) is 25.7. The van der Waals surface area contributed by atoms with Crippen LogP contribution in [0, 0.1) is 11.7 Å². The molecule has 0 spiro atoms. The third kappa shape index (κ3) is 6.26. The average Bonchev–Trinajstić information content (AvgIpc) is 3.37. The van der Waals surface area contributed by atoms with Crippen LogP contribution < -0.4 is 4.74 Å². The third-order valence-electron chi connectivity index (χ3n) is 6.57. The fourth-order valence-electron chi connectivity index (χ4n) is 4.33. The van der Waals surface area contributed by atoms with E-state index in [2.05, 4.69) is 19.9 Å². The Bertz CT molecular complexity index is 1180. The van der Waals surface area contributed by atoms with Gasteiger partial charge in [-0.3, -0.25) is 9.59 Å². The highest BCUT2D eigenvalue weighted by atomic mass is 35.5. The second kappa shape index (κ2) is 11.9. The van der Waals surface area contributed by atoms with Gasteiger partial charge in [0, 0.05) is 28.6 Å². The second-order valence-corrected chi connectivity index (χ2v) is 10.6. The van der Waals surface area contributed by atoms with Crippen LogP contribution in [0.3, 0.4) is 0 Å². The van der Waals surface area contributed by atoms with Crippen molar-refractivity contribution in [3.63, 3.8) is 0 Å². The number of hydrogen-bond donors (Lipinski definition) is 0. The molecule has 8 heteroatoms. The standard InChI is InChI=1S/C28H30ClFN2O3S/c1-3-19(2)16-31(28(34)20-4-8-22(30)9-5-20)17-27(33)32-14-12-26-24(13-15-36-26)25(32)18-35-23-10-6-21(29)7-11-23/h4-11,13,15,19,25H,3,12,14,16-18H2,1-2H3/t19-,25+/m1/s1. The molecule has 1 aromatic heterocycles. The molecule has 2 heterocycles. The van der Waals surface area contributed by atoms with Gasteiger partial charge in [-0.25, -0.2) is 4.39 Å². The first-order valence-corrected chi connectivity index (χ1v) is 13.4. The summed E-state index contributed by atoms with van der Waals surface area (Å²) in [7, 11) is 0. The molecule has 2 atom stereocenters. The van der Waals surface area contributed by atoms with Crippen molar-refractivity contribution in [3.8, 4) is 5.75 Å². The Morgan fingerprint density at radius 1 is 1.17 bits per heavy atom. The monoisotopic (exact) mass is 528 g/mol. The molecule has 5 nitrogen and oxygen atoms in total. The molecule has 0 fully saturated rings. The first-order valence-electron chi connectivity index (χ1n) is 12.1. The van der Waals surface area contributed by atoms with E-state index in [1.54, 1.807) is 40.5 Å². The Balaban J connectivity index is 1.53. The molecule has 4 rings (SSSR count). The molecule has 1 aliphatic rings. The Hall–Kier alpha value is -2.90. The van der Waals surface area contributed by atoms with Gasteiger partial charge in [0.25, 0.3) is 5.91 Å². The zero-order valence-electron chi connectivity index (χ0n) is 20.5. The molecule has 3 aromatic rings. The summed E-state index contributed by atoms with van der Waals surface area (Å²) in [5, 5.41) is 2.67. The van der Waals surface area contributed by atoms with Crippen LogP contribution in [0.4, 0.5) is 4.39 Å². The van der Waals surface area contributed by atoms with E-state index in [0.717, 1.165) is 18.4 Å². The molecule has 190 valence electrons. The number of hydrogen-bond acceptors (Lipinski definition) is 4. The lowest BCUT2D eigenvalue weighted by Crippen LogP contribution is -2.48. The summed E-state index contributed by atoms with van der Waals surface area (Å²) in [5.41, 5.74) is 1.46. The highest BCUT2D eigenvalue weighted by Gasteiger charge is 2.34. The number of halogens is 2. The number of nitrogens with zero attached hydrogens (tertiary/aromatic N) is 2. The van der Waals surface area contributed by atoms with E-state index in [0.29, 0.717) is 36.0 Å². The van der Waals surface area contributed by atoms with Crippen LogP contribution in [-0.4, -0.2) is 47.9 Å². The quantitative estimate of drug-likeness (QED) is 0.330. The van der Waals surface area contributed by atoms with Crippen molar-refractivity contribution in [2.24, 2.45) is 5.92 Å². The minimum atomic E-state index is -0.403. The van der Waals surface area contributed by atoms with E-state index in [9.17, 15) is 14.0 Å². The van der Waals surface area contributed by atoms with Gasteiger partial charge < -0.3 is 14.5 Å². The fraction of sp³-hybridized carbons (Fsp3) is 0.357. The van der Waals surface area contributed by atoms with E-state index in [1.165, 1.54) is 29.1 Å². The van der Waals surface area contributed by atoms with Crippen molar-refractivity contribution >= 4 is 34.8 Å². The normalized spacial score (nSPS) is 15.8. The van der Waals surface area contributed by atoms with E-state index < -0.39 is 5.82 Å². The van der Waals surface area contributed by atoms with Gasteiger partial charge in [-0.2, -0.15) is 0 Å². The Morgan fingerprint density at radius 3 is 2.58 bits per heavy atom. The molecule has 36 heavy (non-hydrogen) atoms. The maximum atomic E-state index is 13.7. The minimum Gasteiger partial charge on any atom is -0.491 e. The van der Waals surface area contributed by atoms with Gasteiger partial charge >= 0.3 is 0 Å². The number of amides is 2. The maximum Gasteiger partial charge on any atom is 0.254 e. The molecular weight excluding hydrogens is 499 g/mol. The molecule has 2 aromatic carbocycles. The van der Waals surface area contributed by atoms with Gasteiger partial charge in [0.05, 0.1) is 6.04 Å². The molecule has 0 aliphatic carbocycles. The Morgan fingerprint density at radius 2 is 1.89 bits per heavy atom. The molecule has 0 bridgehead atoms. The Labute approximate surface area is 220 Å². The summed E-state index contributed by atoms with van der Waals surface area (Å²) >= 11 is 7.68. The van der Waals surface area contributed by atoms with Gasteiger partial charge in [-0.15, -0.1) is 11.3 Å². The lowest BCUT2D eigenvalue weighted by atomic mass is 10.00. The molecule has 2 amide bonds. The lowest BCUT2D eigenvalue weighted by molar-refractivity contribution is -0.135. The number of thiophene rings is 1. The van der Waals surface area contributed by atoms with E-state index in [-0.39, 0.29) is 30.3 Å². The highest BCUT2D eigenvalue weighted by molar-refractivity contribution is 7.10. The van der Waals surface area contributed by atoms with Crippen LogP contribution in [0.1, 0.15) is 47.1 Å². The first kappa shape index (κ1) is 26.2. The molecular formula is C28H30ClFN2O3S. The van der Waals surface area contributed by atoms with Crippen LogP contribution in [0.15, 0.2) is 60.0 Å². The number of rotatable bonds is 9. The van der Waals surface area contributed by atoms with Gasteiger partial charge in [-0.1, -0.05) is 31.9 Å². The highest BCUT2D eigenvalue weighted by Crippen LogP contribution is 2.34. The van der Waals surface area contributed by atoms with Crippen LogP contribution in [0.25, 0.3) is 0 Å². The predicted molar refractivity (Wildman–Crippen MR) is 141 cm³/mol. The first-order chi connectivity index (χ1) is 17.4. The van der Waals surface area contributed by atoms with Crippen molar-refractivity contribution < 1.29 is 18.7 Å². The van der Waals surface area contributed by atoms with Crippen molar-refractivity contribution in [2.75, 3.05) is 26.2 Å². The molecule has 1 aliphatic heterocycles. The molecule has 0 unspecified atom stereocenters. The molecule has 0 saturated carbocycles. The number of carbonyl (C=O) groups is 2. The topological polar surface area (TPSA) is 49.9 Å². The van der Waals surface area contributed by atoms with Gasteiger partial charge in [0.1, 0.15) is 24.7 Å². The SMILES string of the molecule is CC[C@@H](C)CN(CC(=O)N1CCc2sccc2[C@@H]1COc1ccc(Cl)cc1)C(=O)c1ccc(F)cc1. The molecule has 0 saturated heterocycles. The van der Waals surface area contributed by atoms with Crippen molar-refractivity contribution in [1.82, 2.24) is 9.80 Å². The van der Waals surface area contributed by atoms with Crippen molar-refractivity contribution in [3.05, 3.63) is 86.8 Å². The van der Waals surface area contributed by atoms with E-state index >= 15 is 0 Å². The van der Waals surface area contributed by atoms with E-state index in [4.69, 9.17) is 16.3 Å². The summed E-state index contributed by atoms with van der Waals surface area (Å²) in [4.78, 5) is 31.6. The summed E-state index contributed by atoms with van der Waals surface area (Å²) < 4.78 is 19.5. The van der Waals surface area contributed by atoms with Crippen molar-refractivity contribution in [1.29, 1.82) is 0 Å². The van der Waals surface area contributed by atoms with Crippen LogP contribution in [0.5, 0.6) is 5.75 Å². The number of fused-ring (bicyclic) bond motifs is 1. The van der Waals surface area contributed by atoms with Crippen LogP contribution in [0.2, 0.25) is 5.02 Å². The smallest absolute Gasteiger partial charge is 0.254 e. The lowest BCUT2D eigenvalue weighted by Gasteiger charge is -2.37. The minimum absolute atomic E-state index is 0.0442. The molecule has 0 radical (unpaired) electrons. The largest absolute Gasteiger partial charge is 0.491 e. The molecule has 0 N–H and O–H groups in total. The maximum absolute atomic E-state index is 13.7. The summed E-state index contributed by atoms with van der Waals surface area (Å²) in [5.74, 6) is 0.0933. The number of ether oxygens (including phenoxy) is 1. The van der Waals surface area contributed by atoms with Gasteiger partial charge in [0.2, 0.25) is 5.91 Å². The number of benzene rings is 2. The van der Waals surface area contributed by atoms with Gasteiger partial charge in [0.15, 0.2) is 0 Å². The summed E-state index contributed by atoms with van der Waals surface area (Å²) in [6, 6.07) is 14.4. The second-order valence-electron chi connectivity index (χ2n) is 9.12. The predicted octanol–water partition coefficient (Wildman–Crippen LogP) is 6.23. The average molecular weight is 529 g/mol. The fourth-order valence-corrected chi connectivity index (χ4v) is 5.39. The third-order valence-corrected chi connectivity index (χ3v) is 7.82. The zero-order valence-corrected chi connectivity index (χ0v) is 22.0. The summed E-state index contributed by atoms with van der Waals surface area (Å²) in [6.45, 7) is 5.37.